The van der Waals surface area contributed by atoms with Gasteiger partial charge in [0.05, 0.1) is 12.1 Å². The Hall–Kier alpha value is -0.570. The SMILES string of the molecule is Cc1cc(Cl)ccc1[C@@H](N)[C@@H](O)C1CC1. The van der Waals surface area contributed by atoms with Gasteiger partial charge in [0.25, 0.3) is 0 Å². The molecule has 2 atom stereocenters. The highest BCUT2D eigenvalue weighted by Crippen LogP contribution is 2.37. The van der Waals surface area contributed by atoms with E-state index in [1.54, 1.807) is 0 Å². The molecule has 0 unspecified atom stereocenters. The van der Waals surface area contributed by atoms with Crippen LogP contribution in [0.2, 0.25) is 5.02 Å². The fourth-order valence-corrected chi connectivity index (χ4v) is 2.15. The Balaban J connectivity index is 2.20. The summed E-state index contributed by atoms with van der Waals surface area (Å²) >= 11 is 5.87. The van der Waals surface area contributed by atoms with Crippen LogP contribution in [0.5, 0.6) is 0 Å². The van der Waals surface area contributed by atoms with Crippen molar-refractivity contribution in [2.75, 3.05) is 0 Å². The van der Waals surface area contributed by atoms with E-state index in [9.17, 15) is 5.11 Å². The molecule has 82 valence electrons. The second-order valence-corrected chi connectivity index (χ2v) is 4.79. The molecule has 1 fully saturated rings. The lowest BCUT2D eigenvalue weighted by Crippen LogP contribution is -2.28. The molecule has 1 aliphatic carbocycles. The first kappa shape index (κ1) is 10.9. The van der Waals surface area contributed by atoms with Gasteiger partial charge in [-0.2, -0.15) is 0 Å². The van der Waals surface area contributed by atoms with Crippen molar-refractivity contribution >= 4 is 11.6 Å². The van der Waals surface area contributed by atoms with Gasteiger partial charge in [-0.15, -0.1) is 0 Å². The van der Waals surface area contributed by atoms with Crippen molar-refractivity contribution in [2.24, 2.45) is 11.7 Å². The summed E-state index contributed by atoms with van der Waals surface area (Å²) < 4.78 is 0. The van der Waals surface area contributed by atoms with Crippen LogP contribution >= 0.6 is 11.6 Å². The van der Waals surface area contributed by atoms with Crippen LogP contribution in [0.3, 0.4) is 0 Å². The number of aliphatic hydroxyl groups excluding tert-OH is 1. The highest BCUT2D eigenvalue weighted by Gasteiger charge is 2.34. The molecule has 0 aliphatic heterocycles. The Labute approximate surface area is 95.1 Å². The van der Waals surface area contributed by atoms with Crippen LogP contribution in [-0.4, -0.2) is 11.2 Å². The van der Waals surface area contributed by atoms with Crippen LogP contribution in [0, 0.1) is 12.8 Å². The number of halogens is 1. The minimum absolute atomic E-state index is 0.283. The van der Waals surface area contributed by atoms with Gasteiger partial charge in [-0.3, -0.25) is 0 Å². The van der Waals surface area contributed by atoms with Crippen molar-refractivity contribution < 1.29 is 5.11 Å². The maximum Gasteiger partial charge on any atom is 0.0760 e. The first-order valence-electron chi connectivity index (χ1n) is 5.29. The van der Waals surface area contributed by atoms with Crippen LogP contribution in [-0.2, 0) is 0 Å². The molecule has 1 aromatic carbocycles. The van der Waals surface area contributed by atoms with E-state index < -0.39 is 6.10 Å². The lowest BCUT2D eigenvalue weighted by molar-refractivity contribution is 0.122. The lowest BCUT2D eigenvalue weighted by Gasteiger charge is -2.20. The van der Waals surface area contributed by atoms with E-state index in [0.717, 1.165) is 24.0 Å². The second kappa shape index (κ2) is 4.12. The zero-order valence-corrected chi connectivity index (χ0v) is 9.54. The third kappa shape index (κ3) is 2.33. The van der Waals surface area contributed by atoms with E-state index >= 15 is 0 Å². The Bertz CT molecular complexity index is 363. The summed E-state index contributed by atoms with van der Waals surface area (Å²) in [4.78, 5) is 0. The van der Waals surface area contributed by atoms with Gasteiger partial charge in [0, 0.05) is 5.02 Å². The number of rotatable bonds is 3. The molecule has 1 saturated carbocycles. The van der Waals surface area contributed by atoms with E-state index in [2.05, 4.69) is 0 Å². The van der Waals surface area contributed by atoms with Crippen molar-refractivity contribution in [2.45, 2.75) is 31.9 Å². The molecular formula is C12H16ClNO. The number of aryl methyl sites for hydroxylation is 1. The van der Waals surface area contributed by atoms with Crippen molar-refractivity contribution in [3.05, 3.63) is 34.3 Å². The van der Waals surface area contributed by atoms with Gasteiger partial charge < -0.3 is 10.8 Å². The van der Waals surface area contributed by atoms with E-state index in [1.807, 2.05) is 25.1 Å². The van der Waals surface area contributed by atoms with E-state index in [1.165, 1.54) is 0 Å². The molecule has 2 rings (SSSR count). The van der Waals surface area contributed by atoms with E-state index in [0.29, 0.717) is 10.9 Å². The highest BCUT2D eigenvalue weighted by molar-refractivity contribution is 6.30. The normalized spacial score (nSPS) is 20.0. The fourth-order valence-electron chi connectivity index (χ4n) is 1.93. The summed E-state index contributed by atoms with van der Waals surface area (Å²) in [6, 6.07) is 5.34. The smallest absolute Gasteiger partial charge is 0.0760 e. The molecular weight excluding hydrogens is 210 g/mol. The molecule has 0 aromatic heterocycles. The Kier molecular flexibility index (Phi) is 3.01. The molecule has 0 spiro atoms. The minimum atomic E-state index is -0.412. The second-order valence-electron chi connectivity index (χ2n) is 4.35. The van der Waals surface area contributed by atoms with Gasteiger partial charge in [0.15, 0.2) is 0 Å². The predicted octanol–water partition coefficient (Wildman–Crippen LogP) is 2.42. The van der Waals surface area contributed by atoms with Gasteiger partial charge in [0.2, 0.25) is 0 Å². The van der Waals surface area contributed by atoms with Crippen molar-refractivity contribution in [1.82, 2.24) is 0 Å². The lowest BCUT2D eigenvalue weighted by atomic mass is 9.95. The van der Waals surface area contributed by atoms with Gasteiger partial charge in [-0.1, -0.05) is 17.7 Å². The Morgan fingerprint density at radius 3 is 2.67 bits per heavy atom. The van der Waals surface area contributed by atoms with E-state index in [4.69, 9.17) is 17.3 Å². The van der Waals surface area contributed by atoms with Crippen molar-refractivity contribution in [1.29, 1.82) is 0 Å². The predicted molar refractivity (Wildman–Crippen MR) is 61.8 cm³/mol. The molecule has 0 radical (unpaired) electrons. The molecule has 3 N–H and O–H groups in total. The van der Waals surface area contributed by atoms with Crippen LogP contribution in [0.1, 0.15) is 30.0 Å². The molecule has 0 saturated heterocycles. The largest absolute Gasteiger partial charge is 0.391 e. The number of aliphatic hydroxyl groups is 1. The Morgan fingerprint density at radius 1 is 1.47 bits per heavy atom. The summed E-state index contributed by atoms with van der Waals surface area (Å²) in [5.74, 6) is 0.398. The van der Waals surface area contributed by atoms with Crippen molar-refractivity contribution in [3.8, 4) is 0 Å². The number of hydrogen-bond donors (Lipinski definition) is 2. The van der Waals surface area contributed by atoms with Gasteiger partial charge in [-0.05, 0) is 48.9 Å². The minimum Gasteiger partial charge on any atom is -0.391 e. The van der Waals surface area contributed by atoms with Crippen molar-refractivity contribution in [3.63, 3.8) is 0 Å². The van der Waals surface area contributed by atoms with Crippen LogP contribution in [0.4, 0.5) is 0 Å². The highest BCUT2D eigenvalue weighted by atomic mass is 35.5. The standard InChI is InChI=1S/C12H16ClNO/c1-7-6-9(13)4-5-10(7)11(14)12(15)8-2-3-8/h4-6,8,11-12,15H,2-3,14H2,1H3/t11-,12+/m1/s1. The Morgan fingerprint density at radius 2 is 2.13 bits per heavy atom. The van der Waals surface area contributed by atoms with Gasteiger partial charge in [0.1, 0.15) is 0 Å². The maximum absolute atomic E-state index is 9.95. The molecule has 0 amide bonds. The average Bonchev–Trinajstić information content (AvgIpc) is 2.99. The maximum atomic E-state index is 9.95. The molecule has 0 bridgehead atoms. The number of nitrogens with two attached hydrogens (primary N) is 1. The van der Waals surface area contributed by atoms with Crippen LogP contribution in [0.15, 0.2) is 18.2 Å². The summed E-state index contributed by atoms with van der Waals surface area (Å²) in [5.41, 5.74) is 8.09. The fraction of sp³-hybridized carbons (Fsp3) is 0.500. The quantitative estimate of drug-likeness (QED) is 0.830. The van der Waals surface area contributed by atoms with Gasteiger partial charge in [-0.25, -0.2) is 0 Å². The van der Waals surface area contributed by atoms with E-state index in [-0.39, 0.29) is 6.04 Å². The average molecular weight is 226 g/mol. The molecule has 0 heterocycles. The number of hydrogen-bond acceptors (Lipinski definition) is 2. The first-order valence-corrected chi connectivity index (χ1v) is 5.67. The molecule has 3 heteroatoms. The molecule has 2 nitrogen and oxygen atoms in total. The zero-order chi connectivity index (χ0) is 11.0. The summed E-state index contributed by atoms with van der Waals surface area (Å²) in [6.45, 7) is 1.97. The molecule has 1 aliphatic rings. The summed E-state index contributed by atoms with van der Waals surface area (Å²) in [6.07, 6.45) is 1.79. The van der Waals surface area contributed by atoms with Crippen LogP contribution in [0.25, 0.3) is 0 Å². The number of benzene rings is 1. The topological polar surface area (TPSA) is 46.2 Å². The third-order valence-electron chi connectivity index (χ3n) is 3.06. The third-order valence-corrected chi connectivity index (χ3v) is 3.30. The zero-order valence-electron chi connectivity index (χ0n) is 8.78. The van der Waals surface area contributed by atoms with Crippen LogP contribution < -0.4 is 5.73 Å². The molecule has 15 heavy (non-hydrogen) atoms. The summed E-state index contributed by atoms with van der Waals surface area (Å²) in [7, 11) is 0. The molecule has 1 aromatic rings. The first-order chi connectivity index (χ1) is 7.09. The summed E-state index contributed by atoms with van der Waals surface area (Å²) in [5, 5.41) is 10.7. The monoisotopic (exact) mass is 225 g/mol. The van der Waals surface area contributed by atoms with Gasteiger partial charge >= 0.3 is 0 Å².